The third-order valence-electron chi connectivity index (χ3n) is 4.60. The number of H-pyrrole nitrogens is 1. The van der Waals surface area contributed by atoms with Gasteiger partial charge < -0.3 is 9.67 Å². The molecule has 10 heteroatoms. The smallest absolute Gasteiger partial charge is 0.291 e. The van der Waals surface area contributed by atoms with Crippen LogP contribution >= 0.6 is 11.3 Å². The SMILES string of the molecule is Cn1c2nc([C@@H](O)C3=NCC=C3)sc2c2cnn(Cc3ccn[nH]3)c(=O)c21. The Morgan fingerprint density at radius 1 is 1.44 bits per heavy atom. The van der Waals surface area contributed by atoms with E-state index in [9.17, 15) is 9.90 Å². The van der Waals surface area contributed by atoms with Crippen molar-refractivity contribution in [3.63, 3.8) is 0 Å². The molecule has 0 amide bonds. The van der Waals surface area contributed by atoms with Crippen LogP contribution in [0.2, 0.25) is 0 Å². The average molecular weight is 381 g/mol. The highest BCUT2D eigenvalue weighted by molar-refractivity contribution is 7.19. The maximum absolute atomic E-state index is 12.9. The number of aromatic amines is 1. The Kier molecular flexibility index (Phi) is 3.55. The number of aliphatic hydroxyl groups excluding tert-OH is 1. The third kappa shape index (κ3) is 2.45. The summed E-state index contributed by atoms with van der Waals surface area (Å²) in [6.45, 7) is 0.900. The van der Waals surface area contributed by atoms with Crippen LogP contribution in [0.15, 0.2) is 40.4 Å². The molecular weight excluding hydrogens is 366 g/mol. The van der Waals surface area contributed by atoms with Gasteiger partial charge in [0.05, 0.1) is 35.4 Å². The largest absolute Gasteiger partial charge is 0.380 e. The summed E-state index contributed by atoms with van der Waals surface area (Å²) in [5.74, 6) is 0. The number of hydrogen-bond donors (Lipinski definition) is 2. The van der Waals surface area contributed by atoms with Gasteiger partial charge in [0.1, 0.15) is 16.6 Å². The Hall–Kier alpha value is -3.11. The van der Waals surface area contributed by atoms with E-state index in [1.54, 1.807) is 30.1 Å². The zero-order valence-electron chi connectivity index (χ0n) is 14.3. The van der Waals surface area contributed by atoms with Crippen LogP contribution < -0.4 is 5.56 Å². The second-order valence-corrected chi connectivity index (χ2v) is 7.32. The Labute approximate surface area is 156 Å². The molecule has 27 heavy (non-hydrogen) atoms. The molecule has 1 aliphatic heterocycles. The Balaban J connectivity index is 1.63. The molecule has 2 N–H and O–H groups in total. The number of hydrogen-bond acceptors (Lipinski definition) is 7. The summed E-state index contributed by atoms with van der Waals surface area (Å²) >= 11 is 1.36. The number of aliphatic hydroxyl groups is 1. The number of nitrogens with zero attached hydrogens (tertiary/aromatic N) is 6. The first-order chi connectivity index (χ1) is 13.1. The van der Waals surface area contributed by atoms with Crippen LogP contribution in [0.25, 0.3) is 21.3 Å². The molecule has 0 saturated carbocycles. The minimum Gasteiger partial charge on any atom is -0.380 e. The van der Waals surface area contributed by atoms with Crippen molar-refractivity contribution in [1.82, 2.24) is 29.5 Å². The highest BCUT2D eigenvalue weighted by Gasteiger charge is 2.23. The van der Waals surface area contributed by atoms with Gasteiger partial charge in [0.25, 0.3) is 5.56 Å². The average Bonchev–Trinajstić information content (AvgIpc) is 3.44. The lowest BCUT2D eigenvalue weighted by atomic mass is 10.2. The van der Waals surface area contributed by atoms with Gasteiger partial charge in [-0.15, -0.1) is 11.3 Å². The minimum atomic E-state index is -0.857. The van der Waals surface area contributed by atoms with Crippen LogP contribution in [0.3, 0.4) is 0 Å². The molecule has 0 spiro atoms. The van der Waals surface area contributed by atoms with Crippen molar-refractivity contribution in [2.75, 3.05) is 6.54 Å². The molecule has 0 aromatic carbocycles. The van der Waals surface area contributed by atoms with Crippen molar-refractivity contribution >= 4 is 38.3 Å². The third-order valence-corrected chi connectivity index (χ3v) is 5.73. The number of rotatable bonds is 4. The van der Waals surface area contributed by atoms with E-state index >= 15 is 0 Å². The van der Waals surface area contributed by atoms with Crippen molar-refractivity contribution in [1.29, 1.82) is 0 Å². The Morgan fingerprint density at radius 2 is 2.33 bits per heavy atom. The lowest BCUT2D eigenvalue weighted by Crippen LogP contribution is -2.24. The summed E-state index contributed by atoms with van der Waals surface area (Å²) in [4.78, 5) is 21.7. The summed E-state index contributed by atoms with van der Waals surface area (Å²) in [6.07, 6.45) is 6.16. The van der Waals surface area contributed by atoms with Gasteiger partial charge in [-0.05, 0) is 12.1 Å². The molecule has 0 aliphatic carbocycles. The Bertz CT molecular complexity index is 1280. The van der Waals surface area contributed by atoms with Gasteiger partial charge in [-0.25, -0.2) is 9.67 Å². The van der Waals surface area contributed by atoms with Crippen molar-refractivity contribution in [2.45, 2.75) is 12.6 Å². The molecule has 0 saturated heterocycles. The first kappa shape index (κ1) is 16.1. The van der Waals surface area contributed by atoms with Crippen LogP contribution in [0.4, 0.5) is 0 Å². The van der Waals surface area contributed by atoms with E-state index in [0.29, 0.717) is 35.0 Å². The molecule has 4 aromatic heterocycles. The quantitative estimate of drug-likeness (QED) is 0.551. The van der Waals surface area contributed by atoms with Gasteiger partial charge in [-0.3, -0.25) is 14.9 Å². The summed E-state index contributed by atoms with van der Waals surface area (Å²) in [5, 5.41) is 22.8. The molecule has 0 unspecified atom stereocenters. The molecule has 0 fully saturated rings. The van der Waals surface area contributed by atoms with Crippen LogP contribution in [0.1, 0.15) is 16.8 Å². The second-order valence-electron chi connectivity index (χ2n) is 6.29. The number of thiazole rings is 1. The lowest BCUT2D eigenvalue weighted by molar-refractivity contribution is 0.248. The maximum atomic E-state index is 12.9. The van der Waals surface area contributed by atoms with Crippen molar-refractivity contribution in [3.05, 3.63) is 51.7 Å². The topological polar surface area (TPSA) is 114 Å². The van der Waals surface area contributed by atoms with Crippen LogP contribution in [-0.4, -0.2) is 46.9 Å². The standard InChI is InChI=1S/C17H15N7O2S/c1-23-12-10(7-20-24(17(12)26)8-9-4-6-19-22-9)14-15(23)21-16(27-14)13(25)11-3-2-5-18-11/h2-4,6-7,13,25H,5,8H2,1H3,(H,19,22)/t13-/m0/s1. The molecule has 1 atom stereocenters. The molecule has 1 aliphatic rings. The molecule has 4 aromatic rings. The first-order valence-electron chi connectivity index (χ1n) is 8.35. The fourth-order valence-corrected chi connectivity index (χ4v) is 4.36. The molecule has 0 radical (unpaired) electrons. The van der Waals surface area contributed by atoms with E-state index < -0.39 is 6.10 Å². The summed E-state index contributed by atoms with van der Waals surface area (Å²) < 4.78 is 3.99. The van der Waals surface area contributed by atoms with Crippen molar-refractivity contribution in [2.24, 2.45) is 12.0 Å². The van der Waals surface area contributed by atoms with E-state index in [-0.39, 0.29) is 5.56 Å². The zero-order valence-corrected chi connectivity index (χ0v) is 15.1. The van der Waals surface area contributed by atoms with Gasteiger partial charge in [0, 0.05) is 18.6 Å². The predicted octanol–water partition coefficient (Wildman–Crippen LogP) is 1.16. The molecule has 9 nitrogen and oxygen atoms in total. The molecular formula is C17H15N7O2S. The van der Waals surface area contributed by atoms with E-state index in [1.807, 2.05) is 12.2 Å². The lowest BCUT2D eigenvalue weighted by Gasteiger charge is -2.06. The fraction of sp³-hybridized carbons (Fsp3) is 0.235. The van der Waals surface area contributed by atoms with Gasteiger partial charge >= 0.3 is 0 Å². The van der Waals surface area contributed by atoms with Crippen molar-refractivity contribution in [3.8, 4) is 0 Å². The summed E-state index contributed by atoms with van der Waals surface area (Å²) in [6, 6.07) is 1.80. The van der Waals surface area contributed by atoms with Gasteiger partial charge in [-0.2, -0.15) is 10.2 Å². The van der Waals surface area contributed by atoms with E-state index in [0.717, 1.165) is 15.8 Å². The van der Waals surface area contributed by atoms with Gasteiger partial charge in [0.15, 0.2) is 5.65 Å². The normalized spacial score (nSPS) is 15.1. The Morgan fingerprint density at radius 3 is 3.07 bits per heavy atom. The van der Waals surface area contributed by atoms with Crippen molar-refractivity contribution < 1.29 is 5.11 Å². The zero-order chi connectivity index (χ0) is 18.5. The number of fused-ring (bicyclic) bond motifs is 3. The summed E-state index contributed by atoms with van der Waals surface area (Å²) in [7, 11) is 1.80. The maximum Gasteiger partial charge on any atom is 0.291 e. The monoisotopic (exact) mass is 381 g/mol. The van der Waals surface area contributed by atoms with E-state index in [4.69, 9.17) is 0 Å². The number of nitrogens with one attached hydrogen (secondary N) is 1. The molecule has 5 rings (SSSR count). The van der Waals surface area contributed by atoms with Crippen LogP contribution in [-0.2, 0) is 13.6 Å². The van der Waals surface area contributed by atoms with Gasteiger partial charge in [-0.1, -0.05) is 6.08 Å². The minimum absolute atomic E-state index is 0.194. The number of aliphatic imine (C=N–C) groups is 1. The van der Waals surface area contributed by atoms with E-state index in [2.05, 4.69) is 25.3 Å². The number of aryl methyl sites for hydroxylation is 1. The molecule has 5 heterocycles. The molecule has 136 valence electrons. The number of aromatic nitrogens is 6. The molecule has 0 bridgehead atoms. The highest BCUT2D eigenvalue weighted by atomic mass is 32.1. The predicted molar refractivity (Wildman–Crippen MR) is 102 cm³/mol. The van der Waals surface area contributed by atoms with Gasteiger partial charge in [0.2, 0.25) is 0 Å². The second kappa shape index (κ2) is 5.96. The highest BCUT2D eigenvalue weighted by Crippen LogP contribution is 2.34. The fourth-order valence-electron chi connectivity index (χ4n) is 3.26. The first-order valence-corrected chi connectivity index (χ1v) is 9.17. The van der Waals surface area contributed by atoms with Crippen LogP contribution in [0, 0.1) is 0 Å². The summed E-state index contributed by atoms with van der Waals surface area (Å²) in [5.41, 5.74) is 2.41. The van der Waals surface area contributed by atoms with Crippen LogP contribution in [0.5, 0.6) is 0 Å². The van der Waals surface area contributed by atoms with E-state index in [1.165, 1.54) is 16.0 Å².